The van der Waals surface area contributed by atoms with E-state index in [1.54, 1.807) is 0 Å². The van der Waals surface area contributed by atoms with Gasteiger partial charge in [-0.05, 0) is 32.0 Å². The van der Waals surface area contributed by atoms with Crippen LogP contribution in [0.1, 0.15) is 52.3 Å². The molecule has 104 valence electrons. The molecule has 0 aliphatic carbocycles. The normalized spacial score (nSPS) is 14.2. The van der Waals surface area contributed by atoms with E-state index < -0.39 is 0 Å². The minimum absolute atomic E-state index is 0.0000926. The highest BCUT2D eigenvalue weighted by Crippen LogP contribution is 2.35. The molecule has 0 fully saturated rings. The average molecular weight is 252 g/mol. The average Bonchev–Trinajstić information content (AvgIpc) is 2.81. The molecule has 1 atom stereocenters. The van der Waals surface area contributed by atoms with Crippen molar-refractivity contribution in [2.45, 2.75) is 52.1 Å². The molecule has 0 saturated carbocycles. The summed E-state index contributed by atoms with van der Waals surface area (Å²) in [6.45, 7) is 10.9. The van der Waals surface area contributed by atoms with E-state index in [-0.39, 0.29) is 11.6 Å². The van der Waals surface area contributed by atoms with Crippen LogP contribution in [-0.2, 0) is 7.05 Å². The molecule has 0 aliphatic heterocycles. The summed E-state index contributed by atoms with van der Waals surface area (Å²) in [5, 5.41) is 4.25. The van der Waals surface area contributed by atoms with Gasteiger partial charge in [0.1, 0.15) is 0 Å². The van der Waals surface area contributed by atoms with Crippen molar-refractivity contribution in [3.05, 3.63) is 18.0 Å². The smallest absolute Gasteiger partial charge is 0.0653 e. The third-order valence-electron chi connectivity index (χ3n) is 4.37. The zero-order chi connectivity index (χ0) is 13.8. The molecule has 0 aromatic carbocycles. The van der Waals surface area contributed by atoms with Gasteiger partial charge in [0.25, 0.3) is 0 Å². The number of hydrogen-bond donors (Lipinski definition) is 1. The number of likely N-dealkylation sites (N-methyl/N-ethyl adjacent to an activating group) is 1. The lowest BCUT2D eigenvalue weighted by atomic mass is 9.81. The van der Waals surface area contributed by atoms with Gasteiger partial charge in [0.2, 0.25) is 0 Å². The van der Waals surface area contributed by atoms with E-state index in [9.17, 15) is 0 Å². The summed E-state index contributed by atoms with van der Waals surface area (Å²) in [6, 6.07) is 2.04. The fourth-order valence-electron chi connectivity index (χ4n) is 3.15. The molecule has 0 aliphatic rings. The molecule has 1 rings (SSSR count). The van der Waals surface area contributed by atoms with Gasteiger partial charge in [-0.3, -0.25) is 9.58 Å². The molecule has 4 nitrogen and oxygen atoms in total. The lowest BCUT2D eigenvalue weighted by molar-refractivity contribution is 0.0600. The van der Waals surface area contributed by atoms with E-state index in [2.05, 4.69) is 37.7 Å². The Labute approximate surface area is 111 Å². The maximum Gasteiger partial charge on any atom is 0.0653 e. The molecule has 0 radical (unpaired) electrons. The zero-order valence-corrected chi connectivity index (χ0v) is 12.5. The highest BCUT2D eigenvalue weighted by molar-refractivity contribution is 5.14. The van der Waals surface area contributed by atoms with Crippen LogP contribution < -0.4 is 5.73 Å². The van der Waals surface area contributed by atoms with Gasteiger partial charge in [-0.25, -0.2) is 0 Å². The van der Waals surface area contributed by atoms with Crippen molar-refractivity contribution in [2.24, 2.45) is 12.8 Å². The minimum Gasteiger partial charge on any atom is -0.321 e. The Balaban J connectivity index is 3.15. The highest BCUT2D eigenvalue weighted by atomic mass is 15.3. The van der Waals surface area contributed by atoms with Crippen LogP contribution in [-0.4, -0.2) is 33.3 Å². The standard InChI is InChI=1S/C14H28N4/c1-6-14(7-2,18(8-3)9-4)13(15)12-10-11-16-17(12)5/h10-11,13H,6-9,15H2,1-5H3. The van der Waals surface area contributed by atoms with Crippen molar-refractivity contribution in [3.63, 3.8) is 0 Å². The molecule has 18 heavy (non-hydrogen) atoms. The van der Waals surface area contributed by atoms with Gasteiger partial charge in [-0.1, -0.05) is 27.7 Å². The van der Waals surface area contributed by atoms with E-state index in [4.69, 9.17) is 5.73 Å². The number of nitrogens with two attached hydrogens (primary N) is 1. The predicted molar refractivity (Wildman–Crippen MR) is 76.4 cm³/mol. The second kappa shape index (κ2) is 6.34. The lowest BCUT2D eigenvalue weighted by Gasteiger charge is -2.46. The number of nitrogens with zero attached hydrogens (tertiary/aromatic N) is 3. The SMILES string of the molecule is CCN(CC)C(CC)(CC)C(N)c1ccnn1C. The fourth-order valence-corrected chi connectivity index (χ4v) is 3.15. The van der Waals surface area contributed by atoms with Gasteiger partial charge in [-0.15, -0.1) is 0 Å². The van der Waals surface area contributed by atoms with Gasteiger partial charge in [0, 0.05) is 18.8 Å². The Bertz CT molecular complexity index is 350. The maximum atomic E-state index is 6.59. The van der Waals surface area contributed by atoms with Crippen LogP contribution in [0.2, 0.25) is 0 Å². The van der Waals surface area contributed by atoms with Crippen molar-refractivity contribution in [2.75, 3.05) is 13.1 Å². The highest BCUT2D eigenvalue weighted by Gasteiger charge is 2.39. The summed E-state index contributed by atoms with van der Waals surface area (Å²) in [5.41, 5.74) is 7.73. The third kappa shape index (κ3) is 2.45. The van der Waals surface area contributed by atoms with Crippen LogP contribution in [0.5, 0.6) is 0 Å². The molecule has 0 saturated heterocycles. The minimum atomic E-state index is -0.0000926. The Morgan fingerprint density at radius 1 is 1.28 bits per heavy atom. The molecule has 1 heterocycles. The van der Waals surface area contributed by atoms with E-state index in [1.807, 2.05) is 24.0 Å². The summed E-state index contributed by atoms with van der Waals surface area (Å²) in [7, 11) is 1.97. The Kier molecular flexibility index (Phi) is 5.35. The van der Waals surface area contributed by atoms with Gasteiger partial charge in [0.05, 0.1) is 11.7 Å². The molecular weight excluding hydrogens is 224 g/mol. The monoisotopic (exact) mass is 252 g/mol. The first-order chi connectivity index (χ1) is 8.57. The summed E-state index contributed by atoms with van der Waals surface area (Å²) in [5.74, 6) is 0. The Morgan fingerprint density at radius 3 is 2.17 bits per heavy atom. The van der Waals surface area contributed by atoms with Crippen molar-refractivity contribution in [1.29, 1.82) is 0 Å². The van der Waals surface area contributed by atoms with Crippen LogP contribution in [0, 0.1) is 0 Å². The molecule has 1 unspecified atom stereocenters. The topological polar surface area (TPSA) is 47.1 Å². The van der Waals surface area contributed by atoms with Crippen molar-refractivity contribution >= 4 is 0 Å². The molecule has 1 aromatic rings. The molecule has 0 bridgehead atoms. The van der Waals surface area contributed by atoms with Gasteiger partial charge in [-0.2, -0.15) is 5.10 Å². The molecule has 2 N–H and O–H groups in total. The summed E-state index contributed by atoms with van der Waals surface area (Å²) in [4.78, 5) is 2.49. The van der Waals surface area contributed by atoms with Crippen LogP contribution >= 0.6 is 0 Å². The van der Waals surface area contributed by atoms with Crippen LogP contribution in [0.4, 0.5) is 0 Å². The summed E-state index contributed by atoms with van der Waals surface area (Å²) < 4.78 is 1.90. The predicted octanol–water partition coefficient (Wildman–Crippen LogP) is 2.32. The Morgan fingerprint density at radius 2 is 1.83 bits per heavy atom. The molecule has 0 spiro atoms. The maximum absolute atomic E-state index is 6.59. The van der Waals surface area contributed by atoms with Gasteiger partial charge < -0.3 is 5.73 Å². The van der Waals surface area contributed by atoms with Crippen molar-refractivity contribution < 1.29 is 0 Å². The summed E-state index contributed by atoms with van der Waals surface area (Å²) in [6.07, 6.45) is 3.93. The first-order valence-corrected chi connectivity index (χ1v) is 7.05. The largest absolute Gasteiger partial charge is 0.321 e. The van der Waals surface area contributed by atoms with Crippen LogP contribution in [0.3, 0.4) is 0 Å². The molecule has 0 amide bonds. The third-order valence-corrected chi connectivity index (χ3v) is 4.37. The number of aryl methyl sites for hydroxylation is 1. The van der Waals surface area contributed by atoms with Gasteiger partial charge >= 0.3 is 0 Å². The van der Waals surface area contributed by atoms with Crippen molar-refractivity contribution in [1.82, 2.24) is 14.7 Å². The number of aromatic nitrogens is 2. The zero-order valence-electron chi connectivity index (χ0n) is 12.5. The first-order valence-electron chi connectivity index (χ1n) is 7.05. The van der Waals surface area contributed by atoms with Crippen molar-refractivity contribution in [3.8, 4) is 0 Å². The first kappa shape index (κ1) is 15.2. The van der Waals surface area contributed by atoms with Gasteiger partial charge in [0.15, 0.2) is 0 Å². The number of hydrogen-bond acceptors (Lipinski definition) is 3. The van der Waals surface area contributed by atoms with Crippen LogP contribution in [0.25, 0.3) is 0 Å². The quantitative estimate of drug-likeness (QED) is 0.810. The van der Waals surface area contributed by atoms with E-state index >= 15 is 0 Å². The molecule has 1 aromatic heterocycles. The fraction of sp³-hybridized carbons (Fsp3) is 0.786. The number of rotatable bonds is 7. The lowest BCUT2D eigenvalue weighted by Crippen LogP contribution is -2.55. The Hall–Kier alpha value is -0.870. The molecule has 4 heteroatoms. The van der Waals surface area contributed by atoms with Crippen LogP contribution in [0.15, 0.2) is 12.3 Å². The van der Waals surface area contributed by atoms with E-state index in [1.165, 1.54) is 0 Å². The second-order valence-electron chi connectivity index (χ2n) is 4.84. The van der Waals surface area contributed by atoms with E-state index in [0.717, 1.165) is 31.6 Å². The molecular formula is C14H28N4. The summed E-state index contributed by atoms with van der Waals surface area (Å²) >= 11 is 0. The van der Waals surface area contributed by atoms with E-state index in [0.29, 0.717) is 0 Å². The second-order valence-corrected chi connectivity index (χ2v) is 4.84.